The first-order valence-electron chi connectivity index (χ1n) is 10.1. The van der Waals surface area contributed by atoms with Gasteiger partial charge in [-0.05, 0) is 76.4 Å². The van der Waals surface area contributed by atoms with Crippen molar-refractivity contribution in [2.45, 2.75) is 51.7 Å². The number of thioether (sulfide) groups is 1. The lowest BCUT2D eigenvalue weighted by atomic mass is 9.96. The minimum absolute atomic E-state index is 0.156. The molecule has 1 aromatic heterocycles. The summed E-state index contributed by atoms with van der Waals surface area (Å²) in [5.74, 6) is 1.67. The molecule has 0 atom stereocenters. The summed E-state index contributed by atoms with van der Waals surface area (Å²) in [4.78, 5) is 14.1. The molecular weight excluding hydrogens is 456 g/mol. The predicted octanol–water partition coefficient (Wildman–Crippen LogP) is 5.20. The van der Waals surface area contributed by atoms with Crippen LogP contribution in [0.5, 0.6) is 0 Å². The molecule has 10 heteroatoms. The summed E-state index contributed by atoms with van der Waals surface area (Å²) in [7, 11) is 0. The summed E-state index contributed by atoms with van der Waals surface area (Å²) in [6, 6.07) is 7.54. The lowest BCUT2D eigenvalue weighted by molar-refractivity contribution is 0.0202. The summed E-state index contributed by atoms with van der Waals surface area (Å²) < 4.78 is 13.6. The third-order valence-electron chi connectivity index (χ3n) is 4.84. The molecule has 1 fully saturated rings. The minimum Gasteiger partial charge on any atom is -0.470 e. The van der Waals surface area contributed by atoms with Crippen LogP contribution in [-0.4, -0.2) is 55.1 Å². The van der Waals surface area contributed by atoms with Crippen LogP contribution in [0.15, 0.2) is 24.3 Å². The highest BCUT2D eigenvalue weighted by Gasteiger charge is 2.31. The summed E-state index contributed by atoms with van der Waals surface area (Å²) in [6.07, 6.45) is 3.14. The smallest absolute Gasteiger partial charge is 0.410 e. The van der Waals surface area contributed by atoms with Gasteiger partial charge in [-0.3, -0.25) is 4.57 Å². The number of hydrogen-bond acceptors (Lipinski definition) is 7. The minimum atomic E-state index is -0.505. The van der Waals surface area contributed by atoms with Gasteiger partial charge in [-0.25, -0.2) is 4.79 Å². The molecule has 1 aliphatic heterocycles. The number of aromatic nitrogens is 3. The van der Waals surface area contributed by atoms with E-state index in [0.717, 1.165) is 24.4 Å². The van der Waals surface area contributed by atoms with Crippen molar-refractivity contribution in [2.75, 3.05) is 19.3 Å². The second-order valence-electron chi connectivity index (χ2n) is 8.27. The number of carbonyl (C=O) groups excluding carboxylic acids is 1. The van der Waals surface area contributed by atoms with Crippen molar-refractivity contribution in [2.24, 2.45) is 0 Å². The topological polar surface area (TPSA) is 69.5 Å². The third kappa shape index (κ3) is 6.33. The molecule has 0 spiro atoms. The average molecular weight is 483 g/mol. The van der Waals surface area contributed by atoms with Gasteiger partial charge in [0, 0.05) is 29.7 Å². The molecule has 0 aliphatic carbocycles. The van der Waals surface area contributed by atoms with Crippen molar-refractivity contribution < 1.29 is 14.3 Å². The number of halogens is 1. The maximum atomic E-state index is 12.4. The number of likely N-dealkylation sites (tertiary alicyclic amines) is 1. The Morgan fingerprint density at radius 2 is 1.87 bits per heavy atom. The standard InChI is InChI=1S/C21H27ClN4O3S2/c1-21(2,3)29-19(27)25-11-9-14(10-12-25)18-24-23-17(13-28-20(30)31-4)26(18)16-7-5-15(22)6-8-16/h5-8,14H,9-13H2,1-4H3. The van der Waals surface area contributed by atoms with Gasteiger partial charge < -0.3 is 14.4 Å². The Morgan fingerprint density at radius 1 is 1.23 bits per heavy atom. The highest BCUT2D eigenvalue weighted by atomic mass is 35.5. The molecule has 3 rings (SSSR count). The number of thiocarbonyl (C=S) groups is 1. The van der Waals surface area contributed by atoms with E-state index in [1.165, 1.54) is 11.8 Å². The number of carbonyl (C=O) groups is 1. The first-order valence-corrected chi connectivity index (χ1v) is 12.1. The Labute approximate surface area is 197 Å². The van der Waals surface area contributed by atoms with E-state index in [4.69, 9.17) is 33.3 Å². The molecule has 1 saturated heterocycles. The van der Waals surface area contributed by atoms with Gasteiger partial charge in [-0.2, -0.15) is 0 Å². The van der Waals surface area contributed by atoms with E-state index in [1.807, 2.05) is 55.9 Å². The number of nitrogens with zero attached hydrogens (tertiary/aromatic N) is 4. The zero-order chi connectivity index (χ0) is 22.6. The number of hydrogen-bond donors (Lipinski definition) is 0. The number of amides is 1. The SMILES string of the molecule is CSC(=S)OCc1nnc(C2CCN(C(=O)OC(C)(C)C)CC2)n1-c1ccc(Cl)cc1. The van der Waals surface area contributed by atoms with Gasteiger partial charge in [0.2, 0.25) is 4.38 Å². The number of rotatable bonds is 4. The largest absolute Gasteiger partial charge is 0.470 e. The molecule has 1 aliphatic rings. The summed E-state index contributed by atoms with van der Waals surface area (Å²) >= 11 is 12.6. The lowest BCUT2D eigenvalue weighted by Crippen LogP contribution is -2.41. The van der Waals surface area contributed by atoms with Crippen molar-refractivity contribution in [1.29, 1.82) is 0 Å². The zero-order valence-electron chi connectivity index (χ0n) is 18.1. The number of piperidine rings is 1. The van der Waals surface area contributed by atoms with Crippen LogP contribution in [-0.2, 0) is 16.1 Å². The van der Waals surface area contributed by atoms with Crippen molar-refractivity contribution in [3.63, 3.8) is 0 Å². The Hall–Kier alpha value is -1.84. The van der Waals surface area contributed by atoms with Gasteiger partial charge >= 0.3 is 6.09 Å². The van der Waals surface area contributed by atoms with E-state index < -0.39 is 5.60 Å². The van der Waals surface area contributed by atoms with Crippen LogP contribution in [0, 0.1) is 0 Å². The molecule has 0 bridgehead atoms. The Morgan fingerprint density at radius 3 is 2.45 bits per heavy atom. The monoisotopic (exact) mass is 482 g/mol. The predicted molar refractivity (Wildman–Crippen MR) is 127 cm³/mol. The fourth-order valence-corrected chi connectivity index (χ4v) is 3.75. The van der Waals surface area contributed by atoms with Gasteiger partial charge in [-0.15, -0.1) is 10.2 Å². The third-order valence-corrected chi connectivity index (χ3v) is 6.16. The van der Waals surface area contributed by atoms with Crippen LogP contribution in [0.25, 0.3) is 5.69 Å². The van der Waals surface area contributed by atoms with Gasteiger partial charge in [-0.1, -0.05) is 23.4 Å². The van der Waals surface area contributed by atoms with Crippen molar-refractivity contribution in [3.05, 3.63) is 40.9 Å². The molecule has 31 heavy (non-hydrogen) atoms. The second-order valence-corrected chi connectivity index (χ2v) is 10.1. The van der Waals surface area contributed by atoms with Crippen molar-refractivity contribution in [3.8, 4) is 5.69 Å². The highest BCUT2D eigenvalue weighted by Crippen LogP contribution is 2.30. The first-order chi connectivity index (χ1) is 14.7. The lowest BCUT2D eigenvalue weighted by Gasteiger charge is -2.33. The highest BCUT2D eigenvalue weighted by molar-refractivity contribution is 8.22. The van der Waals surface area contributed by atoms with Gasteiger partial charge in [0.15, 0.2) is 5.82 Å². The fraction of sp³-hybridized carbons (Fsp3) is 0.524. The molecule has 0 radical (unpaired) electrons. The van der Waals surface area contributed by atoms with Crippen LogP contribution >= 0.6 is 35.6 Å². The molecule has 1 aromatic carbocycles. The summed E-state index contributed by atoms with van der Waals surface area (Å²) in [5, 5.41) is 9.52. The van der Waals surface area contributed by atoms with E-state index in [2.05, 4.69) is 10.2 Å². The molecule has 0 saturated carbocycles. The molecule has 1 amide bonds. The molecule has 0 unspecified atom stereocenters. The Balaban J connectivity index is 1.79. The summed E-state index contributed by atoms with van der Waals surface area (Å²) in [6.45, 7) is 7.06. The van der Waals surface area contributed by atoms with Crippen molar-refractivity contribution >= 4 is 46.1 Å². The average Bonchev–Trinajstić information content (AvgIpc) is 3.15. The van der Waals surface area contributed by atoms with Gasteiger partial charge in [0.05, 0.1) is 0 Å². The van der Waals surface area contributed by atoms with E-state index in [0.29, 0.717) is 28.3 Å². The van der Waals surface area contributed by atoms with Gasteiger partial charge in [0.25, 0.3) is 0 Å². The molecule has 2 heterocycles. The van der Waals surface area contributed by atoms with E-state index in [-0.39, 0.29) is 18.6 Å². The van der Waals surface area contributed by atoms with E-state index >= 15 is 0 Å². The molecule has 0 N–H and O–H groups in total. The Kier molecular flexibility index (Phi) is 7.82. The van der Waals surface area contributed by atoms with Crippen LogP contribution < -0.4 is 0 Å². The summed E-state index contributed by atoms with van der Waals surface area (Å²) in [5.41, 5.74) is 0.405. The van der Waals surface area contributed by atoms with E-state index in [1.54, 1.807) is 4.90 Å². The second kappa shape index (κ2) is 10.2. The number of benzene rings is 1. The fourth-order valence-electron chi connectivity index (χ4n) is 3.39. The van der Waals surface area contributed by atoms with Crippen LogP contribution in [0.1, 0.15) is 51.2 Å². The van der Waals surface area contributed by atoms with Crippen LogP contribution in [0.3, 0.4) is 0 Å². The molecular formula is C21H27ClN4O3S2. The number of ether oxygens (including phenoxy) is 2. The van der Waals surface area contributed by atoms with Gasteiger partial charge in [0.1, 0.15) is 18.0 Å². The normalized spacial score (nSPS) is 15.1. The van der Waals surface area contributed by atoms with Crippen molar-refractivity contribution in [1.82, 2.24) is 19.7 Å². The molecule has 7 nitrogen and oxygen atoms in total. The maximum absolute atomic E-state index is 12.4. The quantitative estimate of drug-likeness (QED) is 0.554. The van der Waals surface area contributed by atoms with E-state index in [9.17, 15) is 4.79 Å². The zero-order valence-corrected chi connectivity index (χ0v) is 20.5. The molecule has 168 valence electrons. The molecule has 2 aromatic rings. The maximum Gasteiger partial charge on any atom is 0.410 e. The van der Waals surface area contributed by atoms with Crippen LogP contribution in [0.2, 0.25) is 5.02 Å². The Bertz CT molecular complexity index is 920. The van der Waals surface area contributed by atoms with Crippen LogP contribution in [0.4, 0.5) is 4.79 Å². The first kappa shape index (κ1) is 23.8.